The summed E-state index contributed by atoms with van der Waals surface area (Å²) >= 11 is 3.07. The van der Waals surface area contributed by atoms with E-state index in [9.17, 15) is 9.59 Å². The Kier molecular flexibility index (Phi) is 5.35. The third-order valence-corrected chi connectivity index (χ3v) is 9.94. The van der Waals surface area contributed by atoms with E-state index in [1.54, 1.807) is 0 Å². The molecule has 4 aromatic heterocycles. The van der Waals surface area contributed by atoms with Crippen LogP contribution >= 0.6 is 22.7 Å². The smallest absolute Gasteiger partial charge is 0.345 e. The number of hydrogen-bond donors (Lipinski definition) is 0. The van der Waals surface area contributed by atoms with Crippen molar-refractivity contribution >= 4 is 66.2 Å². The first-order valence-electron chi connectivity index (χ1n) is 13.2. The zero-order valence-corrected chi connectivity index (χ0v) is 23.4. The van der Waals surface area contributed by atoms with E-state index >= 15 is 0 Å². The van der Waals surface area contributed by atoms with Crippen molar-refractivity contribution in [2.45, 2.75) is 6.92 Å². The Hall–Kier alpha value is -4.78. The highest BCUT2D eigenvalue weighted by Gasteiger charge is 2.17. The topological polar surface area (TPSA) is 60.4 Å². The summed E-state index contributed by atoms with van der Waals surface area (Å²) in [5.74, 6) is 0. The molecule has 196 valence electrons. The first-order valence-corrected chi connectivity index (χ1v) is 14.8. The molecule has 6 heteroatoms. The lowest BCUT2D eigenvalue weighted by molar-refractivity contribution is 0.563. The number of thiophene rings is 2. The molecule has 4 nitrogen and oxygen atoms in total. The van der Waals surface area contributed by atoms with Gasteiger partial charge in [0.1, 0.15) is 11.2 Å². The van der Waals surface area contributed by atoms with E-state index in [1.807, 2.05) is 91.9 Å². The quantitative estimate of drug-likeness (QED) is 0.157. The van der Waals surface area contributed by atoms with Gasteiger partial charge in [0.25, 0.3) is 0 Å². The van der Waals surface area contributed by atoms with Crippen LogP contribution in [0.3, 0.4) is 0 Å². The monoisotopic (exact) mass is 568 g/mol. The molecular weight excluding hydrogens is 549 g/mol. The van der Waals surface area contributed by atoms with Crippen LogP contribution in [0.15, 0.2) is 122 Å². The molecule has 0 saturated heterocycles. The van der Waals surface area contributed by atoms with Crippen molar-refractivity contribution < 1.29 is 8.83 Å². The zero-order chi connectivity index (χ0) is 27.7. The molecule has 8 aromatic rings. The molecule has 4 heterocycles. The summed E-state index contributed by atoms with van der Waals surface area (Å²) in [7, 11) is 0. The number of benzene rings is 4. The second-order valence-electron chi connectivity index (χ2n) is 10.1. The van der Waals surface area contributed by atoms with Gasteiger partial charge in [-0.1, -0.05) is 60.7 Å². The van der Waals surface area contributed by atoms with Gasteiger partial charge in [0.2, 0.25) is 0 Å². The maximum absolute atomic E-state index is 13.3. The summed E-state index contributed by atoms with van der Waals surface area (Å²) in [6.07, 6.45) is 0. The molecule has 0 saturated carbocycles. The van der Waals surface area contributed by atoms with Gasteiger partial charge in [-0.25, -0.2) is 9.59 Å². The molecule has 0 N–H and O–H groups in total. The molecule has 0 amide bonds. The molecule has 0 spiro atoms. The second kappa shape index (κ2) is 9.13. The Morgan fingerprint density at radius 3 is 1.73 bits per heavy atom. The molecule has 0 unspecified atom stereocenters. The van der Waals surface area contributed by atoms with Crippen molar-refractivity contribution in [1.82, 2.24) is 0 Å². The van der Waals surface area contributed by atoms with Crippen molar-refractivity contribution in [3.05, 3.63) is 130 Å². The lowest BCUT2D eigenvalue weighted by atomic mass is 9.97. The molecule has 0 aliphatic heterocycles. The summed E-state index contributed by atoms with van der Waals surface area (Å²) in [6, 6.07) is 33.9. The molecule has 0 aliphatic carbocycles. The lowest BCUT2D eigenvalue weighted by Gasteiger charge is -2.09. The normalized spacial score (nSPS) is 11.7. The highest BCUT2D eigenvalue weighted by atomic mass is 32.1. The van der Waals surface area contributed by atoms with Crippen LogP contribution in [0, 0.1) is 6.92 Å². The molecule has 41 heavy (non-hydrogen) atoms. The fraction of sp³-hybridized carbons (Fsp3) is 0.0286. The van der Waals surface area contributed by atoms with E-state index in [2.05, 4.69) is 18.2 Å². The van der Waals surface area contributed by atoms with Gasteiger partial charge in [0, 0.05) is 35.7 Å². The van der Waals surface area contributed by atoms with Crippen molar-refractivity contribution in [3.63, 3.8) is 0 Å². The van der Waals surface area contributed by atoms with Crippen molar-refractivity contribution in [2.24, 2.45) is 0 Å². The van der Waals surface area contributed by atoms with Crippen LogP contribution in [0.2, 0.25) is 0 Å². The summed E-state index contributed by atoms with van der Waals surface area (Å²) in [6.45, 7) is 1.97. The van der Waals surface area contributed by atoms with Crippen molar-refractivity contribution in [3.8, 4) is 30.6 Å². The summed E-state index contributed by atoms with van der Waals surface area (Å²) in [4.78, 5) is 29.8. The minimum atomic E-state index is -0.359. The standard InChI is InChI=1S/C35H20O4S2/c1-19-10-11-20-17-26(34(36)38-28(20)16-19)29-12-14-31(40-29)32-15-13-30(41-32)27-18-25-23-8-3-2-6-21(23)22-7-4-5-9-24(22)33(25)39-35(27)37/h2-18H,1H3. The van der Waals surface area contributed by atoms with E-state index in [-0.39, 0.29) is 11.3 Å². The van der Waals surface area contributed by atoms with Crippen LogP contribution in [0.4, 0.5) is 0 Å². The summed E-state index contributed by atoms with van der Waals surface area (Å²) in [5.41, 5.74) is 2.62. The van der Waals surface area contributed by atoms with Gasteiger partial charge in [0.05, 0.1) is 11.1 Å². The van der Waals surface area contributed by atoms with Crippen LogP contribution in [-0.4, -0.2) is 0 Å². The minimum Gasteiger partial charge on any atom is -0.422 e. The average molecular weight is 569 g/mol. The second-order valence-corrected chi connectivity index (χ2v) is 12.3. The van der Waals surface area contributed by atoms with E-state index in [0.29, 0.717) is 22.3 Å². The highest BCUT2D eigenvalue weighted by molar-refractivity contribution is 7.25. The van der Waals surface area contributed by atoms with Crippen molar-refractivity contribution in [1.29, 1.82) is 0 Å². The molecule has 0 aliphatic rings. The Morgan fingerprint density at radius 1 is 0.512 bits per heavy atom. The Bertz CT molecular complexity index is 2440. The van der Waals surface area contributed by atoms with Crippen LogP contribution in [0.25, 0.3) is 74.1 Å². The molecule has 8 rings (SSSR count). The van der Waals surface area contributed by atoms with E-state index < -0.39 is 0 Å². The van der Waals surface area contributed by atoms with Gasteiger partial charge in [-0.3, -0.25) is 0 Å². The van der Waals surface area contributed by atoms with Gasteiger partial charge in [-0.15, -0.1) is 22.7 Å². The first-order chi connectivity index (χ1) is 20.0. The molecule has 4 aromatic carbocycles. The van der Waals surface area contributed by atoms with Gasteiger partial charge in [-0.2, -0.15) is 0 Å². The first kappa shape index (κ1) is 24.1. The van der Waals surface area contributed by atoms with Crippen LogP contribution in [-0.2, 0) is 0 Å². The number of rotatable bonds is 3. The Balaban J connectivity index is 1.22. The molecule has 0 radical (unpaired) electrons. The van der Waals surface area contributed by atoms with Gasteiger partial charge < -0.3 is 8.83 Å². The predicted molar refractivity (Wildman–Crippen MR) is 170 cm³/mol. The largest absolute Gasteiger partial charge is 0.422 e. The lowest BCUT2D eigenvalue weighted by Crippen LogP contribution is -2.02. The number of fused-ring (bicyclic) bond motifs is 7. The Labute approximate surface area is 241 Å². The maximum Gasteiger partial charge on any atom is 0.345 e. The predicted octanol–water partition coefficient (Wildman–Crippen LogP) is 9.64. The summed E-state index contributed by atoms with van der Waals surface area (Å²) in [5, 5.41) is 5.98. The molecule has 0 fully saturated rings. The van der Waals surface area contributed by atoms with Gasteiger partial charge in [-0.05, 0) is 71.1 Å². The average Bonchev–Trinajstić information content (AvgIpc) is 3.67. The van der Waals surface area contributed by atoms with Crippen LogP contribution in [0.1, 0.15) is 5.56 Å². The van der Waals surface area contributed by atoms with E-state index in [0.717, 1.165) is 57.4 Å². The Morgan fingerprint density at radius 2 is 1.05 bits per heavy atom. The van der Waals surface area contributed by atoms with Crippen molar-refractivity contribution in [2.75, 3.05) is 0 Å². The van der Waals surface area contributed by atoms with Gasteiger partial charge in [0.15, 0.2) is 0 Å². The number of aryl methyl sites for hydroxylation is 1. The fourth-order valence-corrected chi connectivity index (χ4v) is 7.64. The third-order valence-electron chi connectivity index (χ3n) is 7.50. The number of hydrogen-bond acceptors (Lipinski definition) is 6. The molecular formula is C35H20O4S2. The van der Waals surface area contributed by atoms with Crippen LogP contribution in [0.5, 0.6) is 0 Å². The summed E-state index contributed by atoms with van der Waals surface area (Å²) < 4.78 is 11.6. The molecule has 0 atom stereocenters. The zero-order valence-electron chi connectivity index (χ0n) is 21.8. The minimum absolute atomic E-state index is 0.350. The van der Waals surface area contributed by atoms with Gasteiger partial charge >= 0.3 is 11.3 Å². The van der Waals surface area contributed by atoms with E-state index in [1.165, 1.54) is 22.7 Å². The highest BCUT2D eigenvalue weighted by Crippen LogP contribution is 2.41. The molecule has 0 bridgehead atoms. The van der Waals surface area contributed by atoms with Crippen LogP contribution < -0.4 is 11.3 Å². The third kappa shape index (κ3) is 3.87. The SMILES string of the molecule is Cc1ccc2cc(-c3ccc(-c4ccc(-c5cc6c7ccccc7c7ccccc7c6oc5=O)s4)s3)c(=O)oc2c1. The van der Waals surface area contributed by atoms with E-state index in [4.69, 9.17) is 8.83 Å². The maximum atomic E-state index is 13.3. The fourth-order valence-electron chi connectivity index (χ4n) is 5.53.